The van der Waals surface area contributed by atoms with E-state index in [9.17, 15) is 9.59 Å². The minimum Gasteiger partial charge on any atom is -0.462 e. The van der Waals surface area contributed by atoms with E-state index >= 15 is 0 Å². The Hall–Kier alpha value is -1.30. The molecule has 0 aliphatic carbocycles. The lowest BCUT2D eigenvalue weighted by molar-refractivity contribution is -0.154. The summed E-state index contributed by atoms with van der Waals surface area (Å²) in [4.78, 5) is 24.6. The Kier molecular flexibility index (Phi) is 20.4. The largest absolute Gasteiger partial charge is 0.462 e. The maximum atomic E-state index is 12.3. The molecule has 0 unspecified atom stereocenters. The molecule has 0 amide bonds. The molecule has 0 aromatic rings. The molecule has 4 fully saturated rings. The first-order chi connectivity index (χ1) is 28.3. The first kappa shape index (κ1) is 55.0. The van der Waals surface area contributed by atoms with E-state index in [2.05, 4.69) is 143 Å². The van der Waals surface area contributed by atoms with Gasteiger partial charge in [0.05, 0.1) is 0 Å². The molecule has 0 saturated carbocycles. The number of hydrogen-bond acceptors (Lipinski definition) is 10. The van der Waals surface area contributed by atoms with Crippen LogP contribution in [0.1, 0.15) is 239 Å². The summed E-state index contributed by atoms with van der Waals surface area (Å²) in [5.74, 6) is -0.129. The van der Waals surface area contributed by atoms with Crippen LogP contribution in [0.25, 0.3) is 0 Å². The van der Waals surface area contributed by atoms with Crippen LogP contribution in [-0.4, -0.2) is 93.6 Å². The van der Waals surface area contributed by atoms with E-state index in [0.717, 1.165) is 64.2 Å². The first-order valence-corrected chi connectivity index (χ1v) is 25.4. The molecule has 0 aromatic carbocycles. The van der Waals surface area contributed by atoms with Crippen LogP contribution in [0.5, 0.6) is 0 Å². The number of carbonyl (C=O) groups excluding carboxylic acids is 2. The average Bonchev–Trinajstić information content (AvgIpc) is 3.01. The van der Waals surface area contributed by atoms with Crippen LogP contribution in [0.15, 0.2) is 0 Å². The van der Waals surface area contributed by atoms with Crippen LogP contribution in [0.2, 0.25) is 0 Å². The second-order valence-corrected chi connectivity index (χ2v) is 25.8. The number of unbranched alkanes of at least 4 members (excludes halogenated alkanes) is 8. The van der Waals surface area contributed by atoms with Crippen molar-refractivity contribution in [2.45, 2.75) is 308 Å². The maximum absolute atomic E-state index is 12.3. The van der Waals surface area contributed by atoms with E-state index in [1.807, 2.05) is 0 Å². The SMILES string of the molecule is CC1(C)CC(NCCCCCCNC2CC(C)(C)NC(C)(C)C2)CC(C)(C)N1.CC1(C)CC(OC(=O)CCCCCCCCC(=O)OC2CC(C)(C)NC(C)(C)C2)CC(C)(C)N1. The van der Waals surface area contributed by atoms with Gasteiger partial charge in [-0.3, -0.25) is 9.59 Å². The van der Waals surface area contributed by atoms with Gasteiger partial charge >= 0.3 is 11.9 Å². The predicted molar refractivity (Wildman–Crippen MR) is 261 cm³/mol. The molecule has 0 spiro atoms. The highest BCUT2D eigenvalue weighted by Gasteiger charge is 2.41. The molecular formula is C52H102N6O4. The molecule has 0 aromatic heterocycles. The Bertz CT molecular complexity index is 1200. The maximum Gasteiger partial charge on any atom is 0.306 e. The fourth-order valence-electron chi connectivity index (χ4n) is 12.5. The molecule has 0 atom stereocenters. The van der Waals surface area contributed by atoms with Crippen LogP contribution in [0, 0.1) is 0 Å². The van der Waals surface area contributed by atoms with Crippen molar-refractivity contribution in [2.24, 2.45) is 0 Å². The van der Waals surface area contributed by atoms with Gasteiger partial charge in [-0.1, -0.05) is 38.5 Å². The number of rotatable bonds is 20. The van der Waals surface area contributed by atoms with Crippen LogP contribution < -0.4 is 31.9 Å². The third kappa shape index (κ3) is 22.7. The first-order valence-electron chi connectivity index (χ1n) is 25.4. The van der Waals surface area contributed by atoms with Crippen LogP contribution >= 0.6 is 0 Å². The predicted octanol–water partition coefficient (Wildman–Crippen LogP) is 10.2. The van der Waals surface area contributed by atoms with Crippen molar-refractivity contribution >= 4 is 11.9 Å². The minimum absolute atomic E-state index is 0.000484. The zero-order valence-corrected chi connectivity index (χ0v) is 43.5. The molecule has 4 rings (SSSR count). The van der Waals surface area contributed by atoms with E-state index in [1.165, 1.54) is 64.5 Å². The van der Waals surface area contributed by atoms with Crippen molar-refractivity contribution in [3.63, 3.8) is 0 Å². The Balaban J connectivity index is 0.000000336. The lowest BCUT2D eigenvalue weighted by Gasteiger charge is -2.47. The molecular weight excluding hydrogens is 773 g/mol. The molecule has 62 heavy (non-hydrogen) atoms. The highest BCUT2D eigenvalue weighted by Crippen LogP contribution is 2.33. The smallest absolute Gasteiger partial charge is 0.306 e. The summed E-state index contributed by atoms with van der Waals surface area (Å²) in [7, 11) is 0. The van der Waals surface area contributed by atoms with Gasteiger partial charge in [0.15, 0.2) is 0 Å². The summed E-state index contributed by atoms with van der Waals surface area (Å²) in [5, 5.41) is 22.5. The van der Waals surface area contributed by atoms with Crippen molar-refractivity contribution in [1.29, 1.82) is 0 Å². The van der Waals surface area contributed by atoms with E-state index in [4.69, 9.17) is 9.47 Å². The summed E-state index contributed by atoms with van der Waals surface area (Å²) in [5.41, 5.74) is 0.900. The van der Waals surface area contributed by atoms with E-state index in [0.29, 0.717) is 24.9 Å². The van der Waals surface area contributed by atoms with Gasteiger partial charge in [0, 0.05) is 94.9 Å². The van der Waals surface area contributed by atoms with E-state index in [1.54, 1.807) is 0 Å². The molecule has 4 heterocycles. The van der Waals surface area contributed by atoms with Crippen molar-refractivity contribution < 1.29 is 19.1 Å². The molecule has 6 N–H and O–H groups in total. The summed E-state index contributed by atoms with van der Waals surface area (Å²) in [6.45, 7) is 38.4. The zero-order valence-electron chi connectivity index (χ0n) is 43.5. The average molecular weight is 875 g/mol. The molecule has 4 aliphatic heterocycles. The number of piperidine rings is 4. The molecule has 10 nitrogen and oxygen atoms in total. The monoisotopic (exact) mass is 875 g/mol. The Morgan fingerprint density at radius 1 is 0.371 bits per heavy atom. The van der Waals surface area contributed by atoms with Gasteiger partial charge < -0.3 is 41.4 Å². The lowest BCUT2D eigenvalue weighted by Crippen LogP contribution is -2.61. The quantitative estimate of drug-likeness (QED) is 0.0520. The van der Waals surface area contributed by atoms with Crippen molar-refractivity contribution in [3.8, 4) is 0 Å². The van der Waals surface area contributed by atoms with E-state index in [-0.39, 0.29) is 68.5 Å². The highest BCUT2D eigenvalue weighted by atomic mass is 16.5. The zero-order chi connectivity index (χ0) is 46.7. The Morgan fingerprint density at radius 2 is 0.597 bits per heavy atom. The fourth-order valence-corrected chi connectivity index (χ4v) is 12.5. The van der Waals surface area contributed by atoms with E-state index < -0.39 is 0 Å². The third-order valence-corrected chi connectivity index (χ3v) is 13.3. The minimum atomic E-state index is -0.0643. The van der Waals surface area contributed by atoms with Crippen LogP contribution in [-0.2, 0) is 19.1 Å². The third-order valence-electron chi connectivity index (χ3n) is 13.3. The summed E-state index contributed by atoms with van der Waals surface area (Å²) in [6.07, 6.45) is 20.6. The van der Waals surface area contributed by atoms with Crippen molar-refractivity contribution in [2.75, 3.05) is 13.1 Å². The van der Waals surface area contributed by atoms with Gasteiger partial charge in [0.25, 0.3) is 0 Å². The van der Waals surface area contributed by atoms with Gasteiger partial charge in [-0.05, 0) is 175 Å². The second kappa shape index (κ2) is 22.9. The summed E-state index contributed by atoms with van der Waals surface area (Å²) in [6, 6.07) is 1.30. The number of hydrogen-bond donors (Lipinski definition) is 6. The van der Waals surface area contributed by atoms with Gasteiger partial charge in [-0.2, -0.15) is 0 Å². The van der Waals surface area contributed by atoms with Gasteiger partial charge in [-0.25, -0.2) is 0 Å². The highest BCUT2D eigenvalue weighted by molar-refractivity contribution is 5.70. The fraction of sp³-hybridized carbons (Fsp3) is 0.962. The Morgan fingerprint density at radius 3 is 0.871 bits per heavy atom. The normalized spacial score (nSPS) is 25.3. The van der Waals surface area contributed by atoms with Crippen molar-refractivity contribution in [1.82, 2.24) is 31.9 Å². The number of carbonyl (C=O) groups is 2. The Labute approximate surface area is 382 Å². The molecule has 0 radical (unpaired) electrons. The van der Waals surface area contributed by atoms with Crippen molar-refractivity contribution in [3.05, 3.63) is 0 Å². The number of nitrogens with one attached hydrogen (secondary N) is 6. The standard InChI is InChI=1S/C28H52N2O4.C24H50N4/c1-25(2)17-21(18-26(3,4)29-25)33-23(31)15-13-11-9-10-12-14-16-24(32)34-22-19-27(5,6)30-28(7,8)20-22;1-21(2)15-19(16-22(3,4)27-21)25-13-11-9-10-12-14-26-20-17-23(5,6)28-24(7,8)18-20/h21-22,29-30H,9-20H2,1-8H3;19-20,25-28H,9-18H2,1-8H3. The number of ether oxygens (including phenoxy) is 2. The van der Waals surface area contributed by atoms with Gasteiger partial charge in [0.2, 0.25) is 0 Å². The molecule has 10 heteroatoms. The molecule has 364 valence electrons. The topological polar surface area (TPSA) is 125 Å². The molecule has 4 saturated heterocycles. The van der Waals surface area contributed by atoms with Gasteiger partial charge in [-0.15, -0.1) is 0 Å². The van der Waals surface area contributed by atoms with Crippen LogP contribution in [0.3, 0.4) is 0 Å². The second-order valence-electron chi connectivity index (χ2n) is 25.8. The lowest BCUT2D eigenvalue weighted by atomic mass is 9.79. The van der Waals surface area contributed by atoms with Crippen LogP contribution in [0.4, 0.5) is 0 Å². The number of esters is 2. The summed E-state index contributed by atoms with van der Waals surface area (Å²) >= 11 is 0. The summed E-state index contributed by atoms with van der Waals surface area (Å²) < 4.78 is 11.6. The molecule has 0 bridgehead atoms. The van der Waals surface area contributed by atoms with Gasteiger partial charge in [0.1, 0.15) is 12.2 Å². The molecule has 4 aliphatic rings.